The first kappa shape index (κ1) is 32.2. The number of carbonyl (C=O) groups is 1. The van der Waals surface area contributed by atoms with Crippen LogP contribution in [0.2, 0.25) is 0 Å². The van der Waals surface area contributed by atoms with Crippen LogP contribution in [0, 0.1) is 0 Å². The smallest absolute Gasteiger partial charge is 0.259 e. The number of hydrogen-bond donors (Lipinski definition) is 0. The van der Waals surface area contributed by atoms with Gasteiger partial charge in [0.15, 0.2) is 23.9 Å². The zero-order valence-corrected chi connectivity index (χ0v) is 25.7. The minimum Gasteiger partial charge on any atom is -0.493 e. The van der Waals surface area contributed by atoms with Crippen molar-refractivity contribution in [2.75, 3.05) is 18.6 Å². The van der Waals surface area contributed by atoms with E-state index in [2.05, 4.69) is 13.8 Å². The summed E-state index contributed by atoms with van der Waals surface area (Å²) in [6.07, 6.45) is 19.8. The number of aromatic nitrogens is 1. The van der Waals surface area contributed by atoms with Crippen molar-refractivity contribution in [3.05, 3.63) is 84.2 Å². The molecule has 3 aromatic rings. The van der Waals surface area contributed by atoms with Crippen molar-refractivity contribution in [3.8, 4) is 11.5 Å². The van der Waals surface area contributed by atoms with Gasteiger partial charge in [-0.15, -0.1) is 0 Å². The van der Waals surface area contributed by atoms with E-state index in [0.29, 0.717) is 24.5 Å². The van der Waals surface area contributed by atoms with E-state index in [1.165, 1.54) is 70.6 Å². The number of benzene rings is 2. The van der Waals surface area contributed by atoms with Crippen molar-refractivity contribution in [1.29, 1.82) is 0 Å². The summed E-state index contributed by atoms with van der Waals surface area (Å²) < 4.78 is 13.8. The number of rotatable bonds is 20. The van der Waals surface area contributed by atoms with Gasteiger partial charge in [0.25, 0.3) is 5.91 Å². The molecule has 0 aliphatic rings. The molecule has 0 atom stereocenters. The highest BCUT2D eigenvalue weighted by Crippen LogP contribution is 2.30. The predicted molar refractivity (Wildman–Crippen MR) is 169 cm³/mol. The number of amides is 1. The third-order valence-electron chi connectivity index (χ3n) is 7.64. The number of unbranched alkanes of at least 4 members (excludes halogenated alkanes) is 11. The molecule has 0 aliphatic carbocycles. The largest absolute Gasteiger partial charge is 0.493 e. The van der Waals surface area contributed by atoms with Crippen LogP contribution < -0.4 is 18.9 Å². The molecule has 3 rings (SSSR count). The maximum absolute atomic E-state index is 13.6. The molecule has 0 radical (unpaired) electrons. The van der Waals surface area contributed by atoms with Crippen LogP contribution in [0.25, 0.3) is 0 Å². The summed E-state index contributed by atoms with van der Waals surface area (Å²) in [6, 6.07) is 19.6. The standard InChI is InChI=1S/C36H51N2O3/c1-4-6-7-8-9-10-11-12-13-14-15-19-28-41-34-23-22-31(29-35(34)40-3)30-38(33-20-17-16-18-21-33)36(39)32-24-26-37(5-2)27-25-32/h16-18,20-27,29H,4-15,19,28,30H2,1-3H3/q+1. The highest BCUT2D eigenvalue weighted by molar-refractivity contribution is 6.05. The van der Waals surface area contributed by atoms with Crippen molar-refractivity contribution in [1.82, 2.24) is 0 Å². The van der Waals surface area contributed by atoms with Crippen LogP contribution in [0.15, 0.2) is 73.1 Å². The van der Waals surface area contributed by atoms with E-state index < -0.39 is 0 Å². The predicted octanol–water partition coefficient (Wildman–Crippen LogP) is 8.93. The first-order chi connectivity index (χ1) is 20.2. The molecule has 0 bridgehead atoms. The monoisotopic (exact) mass is 559 g/mol. The van der Waals surface area contributed by atoms with Crippen LogP contribution in [-0.2, 0) is 13.1 Å². The first-order valence-electron chi connectivity index (χ1n) is 15.8. The molecule has 0 N–H and O–H groups in total. The lowest BCUT2D eigenvalue weighted by atomic mass is 10.1. The van der Waals surface area contributed by atoms with Gasteiger partial charge < -0.3 is 14.4 Å². The topological polar surface area (TPSA) is 42.7 Å². The van der Waals surface area contributed by atoms with Gasteiger partial charge in [-0.2, -0.15) is 0 Å². The van der Waals surface area contributed by atoms with Gasteiger partial charge in [0.05, 0.1) is 25.8 Å². The van der Waals surface area contributed by atoms with E-state index in [4.69, 9.17) is 9.47 Å². The van der Waals surface area contributed by atoms with Crippen molar-refractivity contribution >= 4 is 11.6 Å². The number of ether oxygens (including phenoxy) is 2. The fourth-order valence-electron chi connectivity index (χ4n) is 5.09. The molecule has 0 saturated heterocycles. The number of hydrogen-bond acceptors (Lipinski definition) is 3. The Kier molecular flexibility index (Phi) is 14.8. The average molecular weight is 560 g/mol. The second kappa shape index (κ2) is 18.9. The second-order valence-corrected chi connectivity index (χ2v) is 10.9. The first-order valence-corrected chi connectivity index (χ1v) is 15.8. The fourth-order valence-corrected chi connectivity index (χ4v) is 5.09. The molecule has 5 nitrogen and oxygen atoms in total. The van der Waals surface area contributed by atoms with E-state index in [9.17, 15) is 4.79 Å². The maximum Gasteiger partial charge on any atom is 0.259 e. The molecule has 222 valence electrons. The number of para-hydroxylation sites is 1. The van der Waals surface area contributed by atoms with Crippen molar-refractivity contribution in [2.45, 2.75) is 104 Å². The second-order valence-electron chi connectivity index (χ2n) is 10.9. The SMILES string of the molecule is CCCCCCCCCCCCCCOc1ccc(CN(C(=O)c2cc[n+](CC)cc2)c2ccccc2)cc1OC. The number of aryl methyl sites for hydroxylation is 1. The molecule has 5 heteroatoms. The van der Waals surface area contributed by atoms with Gasteiger partial charge in [-0.25, -0.2) is 4.57 Å². The van der Waals surface area contributed by atoms with Crippen LogP contribution in [0.5, 0.6) is 11.5 Å². The Morgan fingerprint density at radius 3 is 1.93 bits per heavy atom. The lowest BCUT2D eigenvalue weighted by Gasteiger charge is -2.23. The number of pyridine rings is 1. The Morgan fingerprint density at radius 1 is 0.732 bits per heavy atom. The lowest BCUT2D eigenvalue weighted by molar-refractivity contribution is -0.693. The molecule has 0 saturated carbocycles. The molecule has 1 aromatic heterocycles. The quantitative estimate of drug-likeness (QED) is 0.102. The number of carbonyl (C=O) groups excluding carboxylic acids is 1. The molecular formula is C36H51N2O3+. The minimum absolute atomic E-state index is 0.0364. The van der Waals surface area contributed by atoms with Crippen LogP contribution in [0.1, 0.15) is 107 Å². The van der Waals surface area contributed by atoms with Crippen LogP contribution >= 0.6 is 0 Å². The summed E-state index contributed by atoms with van der Waals surface area (Å²) in [7, 11) is 1.67. The Morgan fingerprint density at radius 2 is 1.34 bits per heavy atom. The number of anilines is 1. The summed E-state index contributed by atoms with van der Waals surface area (Å²) in [6.45, 7) is 6.34. The summed E-state index contributed by atoms with van der Waals surface area (Å²) in [5.74, 6) is 1.42. The third-order valence-corrected chi connectivity index (χ3v) is 7.64. The Labute approximate surface area is 248 Å². The fraction of sp³-hybridized carbons (Fsp3) is 0.500. The van der Waals surface area contributed by atoms with Gasteiger partial charge in [-0.3, -0.25) is 4.79 Å². The number of methoxy groups -OCH3 is 1. The van der Waals surface area contributed by atoms with E-state index >= 15 is 0 Å². The molecule has 1 amide bonds. The Hall–Kier alpha value is -3.34. The lowest BCUT2D eigenvalue weighted by Crippen LogP contribution is -2.34. The van der Waals surface area contributed by atoms with Gasteiger partial charge in [0.2, 0.25) is 0 Å². The minimum atomic E-state index is -0.0364. The van der Waals surface area contributed by atoms with Gasteiger partial charge in [0.1, 0.15) is 6.54 Å². The summed E-state index contributed by atoms with van der Waals surface area (Å²) in [5, 5.41) is 0. The molecule has 1 heterocycles. The van der Waals surface area contributed by atoms with Crippen molar-refractivity contribution in [3.63, 3.8) is 0 Å². The third kappa shape index (κ3) is 11.2. The van der Waals surface area contributed by atoms with E-state index in [-0.39, 0.29) is 5.91 Å². The molecule has 0 fully saturated rings. The highest BCUT2D eigenvalue weighted by Gasteiger charge is 2.20. The average Bonchev–Trinajstić information content (AvgIpc) is 3.02. The molecule has 2 aromatic carbocycles. The molecular weight excluding hydrogens is 508 g/mol. The number of nitrogens with zero attached hydrogens (tertiary/aromatic N) is 2. The van der Waals surface area contributed by atoms with Crippen molar-refractivity contribution < 1.29 is 18.8 Å². The normalized spacial score (nSPS) is 10.9. The molecule has 41 heavy (non-hydrogen) atoms. The van der Waals surface area contributed by atoms with Crippen LogP contribution in [-0.4, -0.2) is 19.6 Å². The van der Waals surface area contributed by atoms with E-state index in [0.717, 1.165) is 30.0 Å². The molecule has 0 aliphatic heterocycles. The Balaban J connectivity index is 1.48. The van der Waals surface area contributed by atoms with Gasteiger partial charge in [-0.1, -0.05) is 102 Å². The van der Waals surface area contributed by atoms with Gasteiger partial charge in [0, 0.05) is 17.8 Å². The van der Waals surface area contributed by atoms with E-state index in [1.807, 2.05) is 82.5 Å². The summed E-state index contributed by atoms with van der Waals surface area (Å²) in [5.41, 5.74) is 2.50. The van der Waals surface area contributed by atoms with Gasteiger partial charge >= 0.3 is 0 Å². The van der Waals surface area contributed by atoms with Gasteiger partial charge in [-0.05, 0) is 43.2 Å². The van der Waals surface area contributed by atoms with Crippen molar-refractivity contribution in [2.24, 2.45) is 0 Å². The highest BCUT2D eigenvalue weighted by atomic mass is 16.5. The van der Waals surface area contributed by atoms with Crippen LogP contribution in [0.3, 0.4) is 0 Å². The van der Waals surface area contributed by atoms with Crippen LogP contribution in [0.4, 0.5) is 5.69 Å². The molecule has 0 spiro atoms. The maximum atomic E-state index is 13.6. The summed E-state index contributed by atoms with van der Waals surface area (Å²) >= 11 is 0. The zero-order chi connectivity index (χ0) is 29.1. The molecule has 0 unspecified atom stereocenters. The Bertz CT molecular complexity index is 1130. The summed E-state index contributed by atoms with van der Waals surface area (Å²) in [4.78, 5) is 15.4. The van der Waals surface area contributed by atoms with E-state index in [1.54, 1.807) is 7.11 Å². The zero-order valence-electron chi connectivity index (χ0n) is 25.7.